The molecule has 0 bridgehead atoms. The predicted molar refractivity (Wildman–Crippen MR) is 59.9 cm³/mol. The number of aromatic nitrogens is 1. The minimum atomic E-state index is -0.0688. The van der Waals surface area contributed by atoms with Crippen LogP contribution in [0.15, 0.2) is 40.5 Å². The third kappa shape index (κ3) is 1.89. The van der Waals surface area contributed by atoms with Gasteiger partial charge in [-0.05, 0) is 19.1 Å². The molecule has 0 aliphatic carbocycles. The molecule has 3 nitrogen and oxygen atoms in total. The van der Waals surface area contributed by atoms with Crippen LogP contribution in [0.4, 0.5) is 0 Å². The molecule has 0 amide bonds. The molecule has 15 heavy (non-hydrogen) atoms. The Hall–Kier alpha value is -1.68. The number of ketones is 1. The Morgan fingerprint density at radius 2 is 2.13 bits per heavy atom. The van der Waals surface area contributed by atoms with E-state index in [2.05, 4.69) is 0 Å². The fourth-order valence-corrected chi connectivity index (χ4v) is 2.01. The van der Waals surface area contributed by atoms with Crippen LogP contribution in [0.1, 0.15) is 17.3 Å². The molecule has 0 fully saturated rings. The third-order valence-electron chi connectivity index (χ3n) is 2.06. The molecule has 0 atom stereocenters. The number of rotatable bonds is 2. The van der Waals surface area contributed by atoms with Gasteiger partial charge in [-0.25, -0.2) is 3.96 Å². The number of carbonyl (C=O) groups excluding carboxylic acids is 1. The normalized spacial score (nSPS) is 10.2. The lowest BCUT2D eigenvalue weighted by molar-refractivity contribution is 0.101. The molecule has 76 valence electrons. The number of hydrogen-bond donors (Lipinski definition) is 0. The van der Waals surface area contributed by atoms with Gasteiger partial charge in [-0.2, -0.15) is 0 Å². The topological polar surface area (TPSA) is 39.1 Å². The van der Waals surface area contributed by atoms with Crippen LogP contribution >= 0.6 is 11.5 Å². The summed E-state index contributed by atoms with van der Waals surface area (Å²) in [6.45, 7) is 1.51. The highest BCUT2D eigenvalue weighted by Crippen LogP contribution is 2.11. The molecule has 0 saturated heterocycles. The second-order valence-corrected chi connectivity index (χ2v) is 4.00. The summed E-state index contributed by atoms with van der Waals surface area (Å²) < 4.78 is 1.55. The number of hydrogen-bond acceptors (Lipinski definition) is 3. The summed E-state index contributed by atoms with van der Waals surface area (Å²) in [7, 11) is 0. The summed E-state index contributed by atoms with van der Waals surface area (Å²) >= 11 is 1.32. The summed E-state index contributed by atoms with van der Waals surface area (Å²) in [5.74, 6) is 0.00135. The summed E-state index contributed by atoms with van der Waals surface area (Å²) in [5.41, 5.74) is 1.29. The zero-order valence-electron chi connectivity index (χ0n) is 8.14. The van der Waals surface area contributed by atoms with E-state index in [0.717, 1.165) is 5.69 Å². The van der Waals surface area contributed by atoms with Crippen LogP contribution in [0.2, 0.25) is 0 Å². The minimum Gasteiger partial charge on any atom is -0.295 e. The minimum absolute atomic E-state index is 0.00135. The fourth-order valence-electron chi connectivity index (χ4n) is 1.31. The maximum atomic E-state index is 11.4. The molecule has 2 aromatic rings. The first-order valence-corrected chi connectivity index (χ1v) is 5.30. The molecule has 0 radical (unpaired) electrons. The van der Waals surface area contributed by atoms with E-state index < -0.39 is 0 Å². The Morgan fingerprint density at radius 1 is 1.33 bits per heavy atom. The Bertz CT molecular complexity index is 553. The molecule has 4 heteroatoms. The Kier molecular flexibility index (Phi) is 2.51. The van der Waals surface area contributed by atoms with Crippen LogP contribution in [0.5, 0.6) is 0 Å². The van der Waals surface area contributed by atoms with Crippen LogP contribution in [0.25, 0.3) is 5.69 Å². The van der Waals surface area contributed by atoms with Crippen molar-refractivity contribution in [3.63, 3.8) is 0 Å². The van der Waals surface area contributed by atoms with Crippen LogP contribution in [-0.2, 0) is 0 Å². The van der Waals surface area contributed by atoms with Gasteiger partial charge in [-0.1, -0.05) is 23.7 Å². The summed E-state index contributed by atoms with van der Waals surface area (Å²) in [5, 5.41) is 1.72. The average molecular weight is 219 g/mol. The van der Waals surface area contributed by atoms with Crippen molar-refractivity contribution in [1.82, 2.24) is 3.96 Å². The van der Waals surface area contributed by atoms with Crippen LogP contribution < -0.4 is 5.56 Å². The first kappa shape index (κ1) is 9.86. The van der Waals surface area contributed by atoms with Crippen molar-refractivity contribution >= 4 is 17.3 Å². The number of Topliss-reactive ketones (excluding diaryl/α,β-unsaturated/α-hetero) is 1. The molecule has 0 aliphatic rings. The van der Waals surface area contributed by atoms with Crippen molar-refractivity contribution in [2.75, 3.05) is 0 Å². The van der Waals surface area contributed by atoms with Gasteiger partial charge in [0.25, 0.3) is 5.56 Å². The van der Waals surface area contributed by atoms with Crippen molar-refractivity contribution in [3.8, 4) is 5.69 Å². The Morgan fingerprint density at radius 3 is 2.73 bits per heavy atom. The first-order valence-electron chi connectivity index (χ1n) is 4.47. The van der Waals surface area contributed by atoms with Gasteiger partial charge < -0.3 is 0 Å². The van der Waals surface area contributed by atoms with Gasteiger partial charge >= 0.3 is 0 Å². The van der Waals surface area contributed by atoms with Crippen molar-refractivity contribution < 1.29 is 4.79 Å². The summed E-state index contributed by atoms with van der Waals surface area (Å²) in [4.78, 5) is 22.6. The molecule has 1 heterocycles. The van der Waals surface area contributed by atoms with Gasteiger partial charge in [-0.3, -0.25) is 9.59 Å². The fraction of sp³-hybridized carbons (Fsp3) is 0.0909. The number of benzene rings is 1. The monoisotopic (exact) mass is 219 g/mol. The number of carbonyl (C=O) groups is 1. The third-order valence-corrected chi connectivity index (χ3v) is 2.92. The molecule has 0 N–H and O–H groups in total. The highest BCUT2D eigenvalue weighted by atomic mass is 32.1. The van der Waals surface area contributed by atoms with E-state index in [1.165, 1.54) is 24.5 Å². The van der Waals surface area contributed by atoms with E-state index in [1.54, 1.807) is 27.5 Å². The molecule has 0 spiro atoms. The lowest BCUT2D eigenvalue weighted by Crippen LogP contribution is -2.09. The lowest BCUT2D eigenvalue weighted by Gasteiger charge is -2.01. The van der Waals surface area contributed by atoms with Gasteiger partial charge in [0.15, 0.2) is 5.78 Å². The largest absolute Gasteiger partial charge is 0.295 e. The smallest absolute Gasteiger partial charge is 0.265 e. The molecule has 0 aliphatic heterocycles. The zero-order valence-corrected chi connectivity index (χ0v) is 8.95. The zero-order chi connectivity index (χ0) is 10.8. The standard InChI is InChI=1S/C11H9NO2S/c1-8(13)9-3-2-4-10(7-9)12-11(14)5-6-15-12/h2-7H,1H3. The maximum absolute atomic E-state index is 11.4. The van der Waals surface area contributed by atoms with E-state index in [-0.39, 0.29) is 11.3 Å². The van der Waals surface area contributed by atoms with Crippen molar-refractivity contribution in [2.45, 2.75) is 6.92 Å². The van der Waals surface area contributed by atoms with Crippen LogP contribution in [0.3, 0.4) is 0 Å². The average Bonchev–Trinajstić information content (AvgIpc) is 2.64. The highest BCUT2D eigenvalue weighted by molar-refractivity contribution is 7.04. The van der Waals surface area contributed by atoms with Gasteiger partial charge in [-0.15, -0.1) is 0 Å². The first-order chi connectivity index (χ1) is 7.18. The van der Waals surface area contributed by atoms with Gasteiger partial charge in [0, 0.05) is 17.0 Å². The van der Waals surface area contributed by atoms with Crippen molar-refractivity contribution in [3.05, 3.63) is 51.6 Å². The molecule has 1 aromatic carbocycles. The molecular formula is C11H9NO2S. The molecule has 0 unspecified atom stereocenters. The second-order valence-electron chi connectivity index (χ2n) is 3.15. The second kappa shape index (κ2) is 3.82. The quantitative estimate of drug-likeness (QED) is 0.725. The van der Waals surface area contributed by atoms with Crippen LogP contribution in [0, 0.1) is 0 Å². The maximum Gasteiger partial charge on any atom is 0.265 e. The van der Waals surface area contributed by atoms with Crippen LogP contribution in [-0.4, -0.2) is 9.74 Å². The van der Waals surface area contributed by atoms with E-state index in [0.29, 0.717) is 5.56 Å². The SMILES string of the molecule is CC(=O)c1cccc(-n2sccc2=O)c1. The van der Waals surface area contributed by atoms with E-state index >= 15 is 0 Å². The molecule has 2 rings (SSSR count). The molecule has 1 aromatic heterocycles. The van der Waals surface area contributed by atoms with Gasteiger partial charge in [0.05, 0.1) is 5.69 Å². The Labute approximate surface area is 90.8 Å². The Balaban J connectivity index is 2.55. The van der Waals surface area contributed by atoms with Gasteiger partial charge in [0.2, 0.25) is 0 Å². The van der Waals surface area contributed by atoms with Crippen molar-refractivity contribution in [2.24, 2.45) is 0 Å². The summed E-state index contributed by atoms with van der Waals surface area (Å²) in [6, 6.07) is 8.55. The van der Waals surface area contributed by atoms with E-state index in [4.69, 9.17) is 0 Å². The van der Waals surface area contributed by atoms with E-state index in [1.807, 2.05) is 6.07 Å². The van der Waals surface area contributed by atoms with Crippen molar-refractivity contribution in [1.29, 1.82) is 0 Å². The number of nitrogens with zero attached hydrogens (tertiary/aromatic N) is 1. The molecule has 0 saturated carbocycles. The predicted octanol–water partition coefficient (Wildman–Crippen LogP) is 2.10. The highest BCUT2D eigenvalue weighted by Gasteiger charge is 2.03. The summed E-state index contributed by atoms with van der Waals surface area (Å²) in [6.07, 6.45) is 0. The van der Waals surface area contributed by atoms with Gasteiger partial charge in [0.1, 0.15) is 0 Å². The molecular weight excluding hydrogens is 210 g/mol. The lowest BCUT2D eigenvalue weighted by atomic mass is 10.1. The van der Waals surface area contributed by atoms with E-state index in [9.17, 15) is 9.59 Å².